The Kier molecular flexibility index (Phi) is 6.95. The van der Waals surface area contributed by atoms with Gasteiger partial charge in [0.2, 0.25) is 5.88 Å². The third kappa shape index (κ3) is 4.66. The first-order chi connectivity index (χ1) is 20.9. The Balaban J connectivity index is 1.40. The van der Waals surface area contributed by atoms with Crippen molar-refractivity contribution in [3.8, 4) is 23.1 Å². The van der Waals surface area contributed by atoms with Crippen molar-refractivity contribution >= 4 is 22.4 Å². The summed E-state index contributed by atoms with van der Waals surface area (Å²) in [7, 11) is 0. The van der Waals surface area contributed by atoms with Gasteiger partial charge in [-0.1, -0.05) is 0 Å². The minimum absolute atomic E-state index is 0.0811. The van der Waals surface area contributed by atoms with Crippen molar-refractivity contribution in [2.75, 3.05) is 43.4 Å². The third-order valence-corrected chi connectivity index (χ3v) is 9.29. The van der Waals surface area contributed by atoms with Gasteiger partial charge in [-0.15, -0.1) is 0 Å². The topological polar surface area (TPSA) is 102 Å². The summed E-state index contributed by atoms with van der Waals surface area (Å²) < 4.78 is 100. The molecule has 44 heavy (non-hydrogen) atoms. The molecular weight excluding hydrogens is 592 g/mol. The van der Waals surface area contributed by atoms with Crippen molar-refractivity contribution in [1.29, 1.82) is 0 Å². The summed E-state index contributed by atoms with van der Waals surface area (Å²) >= 11 is 0. The van der Waals surface area contributed by atoms with Gasteiger partial charge in [0, 0.05) is 43.8 Å². The number of pyridine rings is 1. The fourth-order valence-electron chi connectivity index (χ4n) is 7.19. The molecule has 6 heterocycles. The predicted octanol–water partition coefficient (Wildman–Crippen LogP) is 4.39. The van der Waals surface area contributed by atoms with E-state index in [4.69, 9.17) is 15.2 Å². The van der Waals surface area contributed by atoms with Crippen molar-refractivity contribution in [3.05, 3.63) is 28.8 Å². The normalized spacial score (nSPS) is 26.8. The summed E-state index contributed by atoms with van der Waals surface area (Å²) in [5.74, 6) is -2.30. The smallest absolute Gasteiger partial charge is 0.417 e. The Bertz CT molecular complexity index is 1640. The average Bonchev–Trinajstić information content (AvgIpc) is 3.50. The van der Waals surface area contributed by atoms with Gasteiger partial charge in [0.1, 0.15) is 47.1 Å². The van der Waals surface area contributed by atoms with Crippen LogP contribution in [-0.4, -0.2) is 83.0 Å². The summed E-state index contributed by atoms with van der Waals surface area (Å²) in [6.45, 7) is 4.74. The van der Waals surface area contributed by atoms with Gasteiger partial charge in [-0.05, 0) is 44.7 Å². The zero-order valence-electron chi connectivity index (χ0n) is 24.0. The van der Waals surface area contributed by atoms with Crippen LogP contribution in [0.4, 0.5) is 37.8 Å². The van der Waals surface area contributed by atoms with Crippen LogP contribution in [0.2, 0.25) is 0 Å². The number of nitrogens with zero attached hydrogens (tertiary/aromatic N) is 5. The average molecular weight is 624 g/mol. The molecule has 0 unspecified atom stereocenters. The molecule has 4 aliphatic heterocycles. The summed E-state index contributed by atoms with van der Waals surface area (Å²) in [6, 6.07) is 0.344. The van der Waals surface area contributed by atoms with E-state index in [1.165, 1.54) is 0 Å². The van der Waals surface area contributed by atoms with Gasteiger partial charge in [0.05, 0.1) is 17.3 Å². The lowest BCUT2D eigenvalue weighted by atomic mass is 9.96. The zero-order valence-corrected chi connectivity index (χ0v) is 24.0. The van der Waals surface area contributed by atoms with E-state index in [0.29, 0.717) is 32.6 Å². The second kappa shape index (κ2) is 10.5. The van der Waals surface area contributed by atoms with E-state index in [-0.39, 0.29) is 53.3 Å². The van der Waals surface area contributed by atoms with Gasteiger partial charge in [-0.25, -0.2) is 18.2 Å². The van der Waals surface area contributed by atoms with E-state index in [1.54, 1.807) is 6.92 Å². The van der Waals surface area contributed by atoms with Crippen LogP contribution in [0.25, 0.3) is 22.2 Å². The molecule has 0 aliphatic carbocycles. The summed E-state index contributed by atoms with van der Waals surface area (Å²) in [4.78, 5) is 17.2. The molecule has 236 valence electrons. The SMILES string of the molecule is Cc1c(F)c(N)cc(-c2nc3c4c(nc(OC[C@@H]5CC[C@H]6C[C@@H](F)CN56)nc4c2F)N2CCNC[C@H]2[C@H](C)O3)c1C(F)(F)F. The lowest BCUT2D eigenvalue weighted by Gasteiger charge is -2.38. The summed E-state index contributed by atoms with van der Waals surface area (Å²) in [5, 5.41) is 3.39. The molecule has 3 fully saturated rings. The fraction of sp³-hybridized carbons (Fsp3) is 0.552. The molecule has 1 aromatic carbocycles. The van der Waals surface area contributed by atoms with Gasteiger partial charge in [-0.2, -0.15) is 23.1 Å². The molecule has 5 atom stereocenters. The Labute approximate surface area is 248 Å². The number of ether oxygens (including phenoxy) is 2. The fourth-order valence-corrected chi connectivity index (χ4v) is 7.19. The largest absolute Gasteiger partial charge is 0.472 e. The first kappa shape index (κ1) is 29.1. The first-order valence-corrected chi connectivity index (χ1v) is 14.7. The third-order valence-electron chi connectivity index (χ3n) is 9.29. The number of benzene rings is 1. The molecular formula is C29H31F6N7O2. The Morgan fingerprint density at radius 3 is 2.73 bits per heavy atom. The molecule has 0 bridgehead atoms. The standard InChI is InChI=1S/C29H31F6N7O2/c1-12-21(29(33,34)35)17(8-18(36)22(12)31)24-23(32)25-20-26(41-6-5-37-9-19(41)13(2)44-27(20)38-24)40-28(39-25)43-11-16-4-3-15-7-14(30)10-42(15)16/h8,13-16,19,37H,3-7,9-11,36H2,1-2H3/t13-,14+,15-,16-,19-/m0/s1. The lowest BCUT2D eigenvalue weighted by molar-refractivity contribution is -0.137. The molecule has 15 heteroatoms. The number of alkyl halides is 4. The van der Waals surface area contributed by atoms with E-state index < -0.39 is 58.2 Å². The monoisotopic (exact) mass is 623 g/mol. The Morgan fingerprint density at radius 1 is 1.16 bits per heavy atom. The number of hydrogen-bond acceptors (Lipinski definition) is 9. The minimum Gasteiger partial charge on any atom is -0.472 e. The number of nitrogen functional groups attached to an aromatic ring is 1. The van der Waals surface area contributed by atoms with Gasteiger partial charge in [0.25, 0.3) is 0 Å². The molecule has 9 nitrogen and oxygen atoms in total. The molecule has 2 aromatic heterocycles. The van der Waals surface area contributed by atoms with Crippen molar-refractivity contribution in [3.63, 3.8) is 0 Å². The van der Waals surface area contributed by atoms with Gasteiger partial charge < -0.3 is 25.4 Å². The number of halogens is 6. The van der Waals surface area contributed by atoms with E-state index in [1.807, 2.05) is 4.90 Å². The van der Waals surface area contributed by atoms with Crippen LogP contribution in [0.3, 0.4) is 0 Å². The summed E-state index contributed by atoms with van der Waals surface area (Å²) in [6.07, 6.45) is -4.37. The van der Waals surface area contributed by atoms with E-state index >= 15 is 4.39 Å². The van der Waals surface area contributed by atoms with Crippen LogP contribution < -0.4 is 25.4 Å². The zero-order chi connectivity index (χ0) is 31.1. The second-order valence-electron chi connectivity index (χ2n) is 12.0. The minimum atomic E-state index is -5.05. The van der Waals surface area contributed by atoms with Gasteiger partial charge >= 0.3 is 12.2 Å². The first-order valence-electron chi connectivity index (χ1n) is 14.7. The number of hydrogen-bond donors (Lipinski definition) is 2. The van der Waals surface area contributed by atoms with Gasteiger partial charge in [0.15, 0.2) is 5.82 Å². The summed E-state index contributed by atoms with van der Waals surface area (Å²) in [5.41, 5.74) is 1.14. The van der Waals surface area contributed by atoms with Gasteiger partial charge in [-0.3, -0.25) is 4.90 Å². The lowest BCUT2D eigenvalue weighted by Crippen LogP contribution is -2.56. The van der Waals surface area contributed by atoms with Crippen molar-refractivity contribution in [1.82, 2.24) is 25.2 Å². The van der Waals surface area contributed by atoms with E-state index in [0.717, 1.165) is 25.8 Å². The molecule has 3 saturated heterocycles. The van der Waals surface area contributed by atoms with Crippen LogP contribution >= 0.6 is 0 Å². The van der Waals surface area contributed by atoms with Crippen molar-refractivity contribution < 1.29 is 35.8 Å². The molecule has 7 rings (SSSR count). The van der Waals surface area contributed by atoms with E-state index in [9.17, 15) is 22.0 Å². The highest BCUT2D eigenvalue weighted by Crippen LogP contribution is 2.46. The predicted molar refractivity (Wildman–Crippen MR) is 149 cm³/mol. The molecule has 3 N–H and O–H groups in total. The van der Waals surface area contributed by atoms with Crippen molar-refractivity contribution in [2.45, 2.75) is 69.7 Å². The second-order valence-corrected chi connectivity index (χ2v) is 12.0. The maximum atomic E-state index is 16.6. The number of anilines is 2. The van der Waals surface area contributed by atoms with E-state index in [2.05, 4.69) is 25.2 Å². The molecule has 0 spiro atoms. The number of nitrogens with one attached hydrogen (secondary N) is 1. The van der Waals surface area contributed by atoms with Crippen LogP contribution in [0.5, 0.6) is 11.9 Å². The molecule has 3 aromatic rings. The number of nitrogens with two attached hydrogens (primary N) is 1. The maximum Gasteiger partial charge on any atom is 0.417 e. The molecule has 0 saturated carbocycles. The maximum absolute atomic E-state index is 16.6. The highest BCUT2D eigenvalue weighted by molar-refractivity contribution is 5.97. The Morgan fingerprint density at radius 2 is 1.95 bits per heavy atom. The number of piperazine rings is 1. The molecule has 4 aliphatic rings. The van der Waals surface area contributed by atoms with Crippen molar-refractivity contribution in [2.24, 2.45) is 0 Å². The van der Waals surface area contributed by atoms with Crippen LogP contribution in [0.15, 0.2) is 6.07 Å². The number of fused-ring (bicyclic) bond motifs is 3. The number of rotatable bonds is 4. The molecule has 0 amide bonds. The van der Waals surface area contributed by atoms with Crippen LogP contribution in [-0.2, 0) is 6.18 Å². The van der Waals surface area contributed by atoms with Crippen LogP contribution in [0, 0.1) is 18.6 Å². The highest BCUT2D eigenvalue weighted by atomic mass is 19.4. The Hall–Kier alpha value is -3.59. The quantitative estimate of drug-likeness (QED) is 0.324. The highest BCUT2D eigenvalue weighted by Gasteiger charge is 2.43. The number of aromatic nitrogens is 3. The molecule has 0 radical (unpaired) electrons. The van der Waals surface area contributed by atoms with Crippen LogP contribution in [0.1, 0.15) is 37.3 Å².